The number of carbonyl (C=O) groups excluding carboxylic acids is 2. The number of para-hydroxylation sites is 2. The second-order valence-corrected chi connectivity index (χ2v) is 6.20. The maximum Gasteiger partial charge on any atom is 0.355 e. The van der Waals surface area contributed by atoms with Crippen LogP contribution in [-0.4, -0.2) is 41.0 Å². The zero-order chi connectivity index (χ0) is 17.8. The number of rotatable bonds is 6. The predicted molar refractivity (Wildman–Crippen MR) is 89.8 cm³/mol. The highest BCUT2D eigenvalue weighted by atomic mass is 32.1. The molecule has 130 valence electrons. The minimum atomic E-state index is -1.10. The van der Waals surface area contributed by atoms with Crippen LogP contribution >= 0.6 is 11.3 Å². The molecular formula is C16H15N3O5S. The lowest BCUT2D eigenvalue weighted by atomic mass is 10.2. The summed E-state index contributed by atoms with van der Waals surface area (Å²) in [6.07, 6.45) is 0.122. The number of nitrogens with one attached hydrogen (secondary N) is 1. The Kier molecular flexibility index (Phi) is 4.94. The maximum absolute atomic E-state index is 12.0. The molecule has 2 amide bonds. The summed E-state index contributed by atoms with van der Waals surface area (Å²) >= 11 is 1.17. The lowest BCUT2D eigenvalue weighted by Crippen LogP contribution is -2.41. The highest BCUT2D eigenvalue weighted by Crippen LogP contribution is 2.31. The van der Waals surface area contributed by atoms with Crippen molar-refractivity contribution in [2.24, 2.45) is 0 Å². The number of nitrogens with zero attached hydrogens (tertiary/aromatic N) is 2. The Morgan fingerprint density at radius 3 is 2.92 bits per heavy atom. The van der Waals surface area contributed by atoms with Crippen molar-refractivity contribution in [2.75, 3.05) is 18.1 Å². The maximum atomic E-state index is 12.0. The quantitative estimate of drug-likeness (QED) is 0.802. The van der Waals surface area contributed by atoms with E-state index in [1.165, 1.54) is 21.6 Å². The second-order valence-electron chi connectivity index (χ2n) is 5.26. The van der Waals surface area contributed by atoms with Gasteiger partial charge in [0.15, 0.2) is 12.3 Å². The smallest absolute Gasteiger partial charge is 0.355 e. The van der Waals surface area contributed by atoms with Gasteiger partial charge in [0.1, 0.15) is 10.8 Å². The number of thiazole rings is 1. The lowest BCUT2D eigenvalue weighted by Gasteiger charge is -2.29. The van der Waals surface area contributed by atoms with E-state index in [1.54, 1.807) is 18.2 Å². The van der Waals surface area contributed by atoms with Crippen molar-refractivity contribution < 1.29 is 24.2 Å². The molecule has 9 heteroatoms. The molecule has 1 aromatic heterocycles. The topological polar surface area (TPSA) is 109 Å². The molecule has 0 fully saturated rings. The number of aromatic nitrogens is 1. The third kappa shape index (κ3) is 3.94. The van der Waals surface area contributed by atoms with E-state index in [4.69, 9.17) is 9.84 Å². The Labute approximate surface area is 147 Å². The highest BCUT2D eigenvalue weighted by Gasteiger charge is 2.25. The first-order valence-electron chi connectivity index (χ1n) is 7.51. The van der Waals surface area contributed by atoms with Crippen molar-refractivity contribution in [1.82, 2.24) is 10.3 Å². The van der Waals surface area contributed by atoms with Crippen LogP contribution in [0.1, 0.15) is 21.9 Å². The number of amides is 2. The average molecular weight is 361 g/mol. The van der Waals surface area contributed by atoms with Gasteiger partial charge in [-0.05, 0) is 12.1 Å². The van der Waals surface area contributed by atoms with Crippen LogP contribution in [0.5, 0.6) is 5.75 Å². The molecule has 0 unspecified atom stereocenters. The van der Waals surface area contributed by atoms with E-state index in [2.05, 4.69) is 10.3 Å². The molecule has 0 saturated heterocycles. The van der Waals surface area contributed by atoms with Gasteiger partial charge < -0.3 is 20.1 Å². The second kappa shape index (κ2) is 7.31. The van der Waals surface area contributed by atoms with Crippen LogP contribution in [0, 0.1) is 0 Å². The van der Waals surface area contributed by atoms with E-state index < -0.39 is 5.97 Å². The van der Waals surface area contributed by atoms with E-state index in [-0.39, 0.29) is 43.6 Å². The van der Waals surface area contributed by atoms with E-state index in [9.17, 15) is 14.4 Å². The third-order valence-electron chi connectivity index (χ3n) is 3.58. The molecule has 1 aliphatic heterocycles. The molecule has 2 aromatic rings. The fourth-order valence-electron chi connectivity index (χ4n) is 2.37. The number of anilines is 1. The van der Waals surface area contributed by atoms with Gasteiger partial charge in [-0.2, -0.15) is 0 Å². The standard InChI is InChI=1S/C16H15N3O5S/c20-13(17-7-14-18-10(9-25-14)16(22)23)5-6-19-11-3-1-2-4-12(11)24-8-15(19)21/h1-4,9H,5-8H2,(H,17,20)(H,22,23). The fourth-order valence-corrected chi connectivity index (χ4v) is 3.07. The zero-order valence-electron chi connectivity index (χ0n) is 13.1. The predicted octanol–water partition coefficient (Wildman–Crippen LogP) is 1.27. The number of benzene rings is 1. The van der Waals surface area contributed by atoms with Crippen LogP contribution in [0.25, 0.3) is 0 Å². The van der Waals surface area contributed by atoms with Crippen molar-refractivity contribution >= 4 is 34.8 Å². The summed E-state index contributed by atoms with van der Waals surface area (Å²) in [5.74, 6) is -0.925. The van der Waals surface area contributed by atoms with Gasteiger partial charge in [0.25, 0.3) is 5.91 Å². The van der Waals surface area contributed by atoms with Crippen molar-refractivity contribution in [3.8, 4) is 5.75 Å². The van der Waals surface area contributed by atoms with Crippen LogP contribution in [0.3, 0.4) is 0 Å². The average Bonchev–Trinajstić information content (AvgIpc) is 3.08. The number of aromatic carboxylic acids is 1. The Hall–Kier alpha value is -2.94. The van der Waals surface area contributed by atoms with Gasteiger partial charge in [0.2, 0.25) is 5.91 Å². The summed E-state index contributed by atoms with van der Waals surface area (Å²) in [5.41, 5.74) is 0.613. The molecule has 0 aliphatic carbocycles. The summed E-state index contributed by atoms with van der Waals surface area (Å²) in [7, 11) is 0. The number of hydrogen-bond acceptors (Lipinski definition) is 6. The first-order valence-corrected chi connectivity index (χ1v) is 8.39. The first-order chi connectivity index (χ1) is 12.0. The zero-order valence-corrected chi connectivity index (χ0v) is 13.9. The molecule has 0 spiro atoms. The first kappa shape index (κ1) is 16.9. The van der Waals surface area contributed by atoms with Crippen molar-refractivity contribution in [3.63, 3.8) is 0 Å². The normalized spacial score (nSPS) is 13.1. The highest BCUT2D eigenvalue weighted by molar-refractivity contribution is 7.09. The monoisotopic (exact) mass is 361 g/mol. The van der Waals surface area contributed by atoms with Gasteiger partial charge in [-0.15, -0.1) is 11.3 Å². The van der Waals surface area contributed by atoms with E-state index in [0.717, 1.165) is 0 Å². The number of carboxylic acids is 1. The van der Waals surface area contributed by atoms with Crippen molar-refractivity contribution in [1.29, 1.82) is 0 Å². The molecule has 0 bridgehead atoms. The van der Waals surface area contributed by atoms with Gasteiger partial charge in [0, 0.05) is 18.3 Å². The Balaban J connectivity index is 1.53. The van der Waals surface area contributed by atoms with Crippen molar-refractivity contribution in [2.45, 2.75) is 13.0 Å². The number of carboxylic acid groups (broad SMARTS) is 1. The number of ether oxygens (including phenoxy) is 1. The molecule has 1 aromatic carbocycles. The Morgan fingerprint density at radius 2 is 2.16 bits per heavy atom. The van der Waals surface area contributed by atoms with Crippen molar-refractivity contribution in [3.05, 3.63) is 40.3 Å². The van der Waals surface area contributed by atoms with Gasteiger partial charge in [-0.25, -0.2) is 9.78 Å². The summed E-state index contributed by atoms with van der Waals surface area (Å²) in [6, 6.07) is 7.17. The molecular weight excluding hydrogens is 346 g/mol. The lowest BCUT2D eigenvalue weighted by molar-refractivity contribution is -0.122. The largest absolute Gasteiger partial charge is 0.482 e. The number of hydrogen-bond donors (Lipinski definition) is 2. The molecule has 0 radical (unpaired) electrons. The van der Waals surface area contributed by atoms with Crippen LogP contribution in [0.4, 0.5) is 5.69 Å². The van der Waals surface area contributed by atoms with Gasteiger partial charge in [-0.1, -0.05) is 12.1 Å². The van der Waals surface area contributed by atoms with E-state index in [1.807, 2.05) is 6.07 Å². The molecule has 0 atom stereocenters. The van der Waals surface area contributed by atoms with E-state index in [0.29, 0.717) is 16.4 Å². The molecule has 1 aliphatic rings. The fraction of sp³-hybridized carbons (Fsp3) is 0.250. The van der Waals surface area contributed by atoms with Crippen LogP contribution < -0.4 is 15.0 Å². The molecule has 2 heterocycles. The summed E-state index contributed by atoms with van der Waals surface area (Å²) < 4.78 is 5.35. The number of carbonyl (C=O) groups is 3. The molecule has 3 rings (SSSR count). The molecule has 8 nitrogen and oxygen atoms in total. The van der Waals surface area contributed by atoms with Gasteiger partial charge in [0.05, 0.1) is 12.2 Å². The third-order valence-corrected chi connectivity index (χ3v) is 4.43. The summed E-state index contributed by atoms with van der Waals surface area (Å²) in [5, 5.41) is 13.4. The number of fused-ring (bicyclic) bond motifs is 1. The van der Waals surface area contributed by atoms with Crippen LogP contribution in [-0.2, 0) is 16.1 Å². The minimum Gasteiger partial charge on any atom is -0.482 e. The van der Waals surface area contributed by atoms with Gasteiger partial charge in [-0.3, -0.25) is 9.59 Å². The Morgan fingerprint density at radius 1 is 1.36 bits per heavy atom. The van der Waals surface area contributed by atoms with Crippen LogP contribution in [0.2, 0.25) is 0 Å². The van der Waals surface area contributed by atoms with Gasteiger partial charge >= 0.3 is 5.97 Å². The van der Waals surface area contributed by atoms with E-state index >= 15 is 0 Å². The summed E-state index contributed by atoms with van der Waals surface area (Å²) in [6.45, 7) is 0.351. The minimum absolute atomic E-state index is 0.0373. The molecule has 0 saturated carbocycles. The van der Waals surface area contributed by atoms with Crippen LogP contribution in [0.15, 0.2) is 29.6 Å². The Bertz CT molecular complexity index is 820. The summed E-state index contributed by atoms with van der Waals surface area (Å²) in [4.78, 5) is 40.2. The SMILES string of the molecule is O=C(CCN1C(=O)COc2ccccc21)NCc1nc(C(=O)O)cs1. The molecule has 25 heavy (non-hydrogen) atoms. The molecule has 2 N–H and O–H groups in total.